The van der Waals surface area contributed by atoms with E-state index in [1.807, 2.05) is 0 Å². The average molecular weight is 214 g/mol. The lowest BCUT2D eigenvalue weighted by Gasteiger charge is -1.89. The topological polar surface area (TPSA) is 108 Å². The number of thiazole rings is 1. The number of rotatable bonds is 1. The van der Waals surface area contributed by atoms with E-state index in [0.717, 1.165) is 11.3 Å². The molecule has 0 saturated carbocycles. The van der Waals surface area contributed by atoms with Crippen LogP contribution in [0.2, 0.25) is 0 Å². The van der Waals surface area contributed by atoms with Gasteiger partial charge < -0.3 is 10.5 Å². The Morgan fingerprint density at radius 3 is 2.79 bits per heavy atom. The van der Waals surface area contributed by atoms with E-state index in [1.165, 1.54) is 18.2 Å². The third-order valence-electron chi connectivity index (χ3n) is 1.62. The summed E-state index contributed by atoms with van der Waals surface area (Å²) in [5.41, 5.74) is 0.642. The number of fused-ring (bicyclic) bond motifs is 1. The maximum atomic E-state index is 10.9. The molecule has 1 heterocycles. The third-order valence-corrected chi connectivity index (χ3v) is 2.46. The van der Waals surface area contributed by atoms with E-state index >= 15 is 0 Å². The molecule has 7 heteroatoms. The predicted octanol–water partition coefficient (Wildman–Crippen LogP) is 0.673. The minimum atomic E-state index is -0.483. The first-order valence-electron chi connectivity index (χ1n) is 3.44. The molecule has 3 N–H and O–H groups in total. The van der Waals surface area contributed by atoms with E-state index < -0.39 is 4.92 Å². The lowest BCUT2D eigenvalue weighted by Crippen LogP contribution is -1.89. The highest BCUT2D eigenvalue weighted by molar-refractivity contribution is 7.16. The number of non-ortho nitro benzene ring substituents is 1. The first-order valence-corrected chi connectivity index (χ1v) is 4.26. The maximum Gasteiger partial charge on any atom is 0.305 e. The van der Waals surface area contributed by atoms with Gasteiger partial charge in [0.15, 0.2) is 0 Å². The summed E-state index contributed by atoms with van der Waals surface area (Å²) < 4.78 is 0.610. The Balaban J connectivity index is 0.000000980. The number of aromatic amines is 1. The average Bonchev–Trinajstić information content (AvgIpc) is 2.42. The fraction of sp³-hybridized carbons (Fsp3) is 0. The van der Waals surface area contributed by atoms with Crippen molar-refractivity contribution in [3.8, 4) is 0 Å². The fourth-order valence-electron chi connectivity index (χ4n) is 1.05. The SMILES string of the molecule is O.O=c1[nH]c2ccc([N+](=O)[O-])cc2s1. The quantitative estimate of drug-likeness (QED) is 0.556. The van der Waals surface area contributed by atoms with Gasteiger partial charge in [-0.05, 0) is 6.07 Å². The molecule has 0 bridgehead atoms. The predicted molar refractivity (Wildman–Crippen MR) is 52.7 cm³/mol. The first kappa shape index (κ1) is 10.4. The van der Waals surface area contributed by atoms with Gasteiger partial charge in [-0.1, -0.05) is 11.3 Å². The summed E-state index contributed by atoms with van der Waals surface area (Å²) in [6.07, 6.45) is 0. The normalized spacial score (nSPS) is 9.71. The highest BCUT2D eigenvalue weighted by Crippen LogP contribution is 2.20. The van der Waals surface area contributed by atoms with Crippen LogP contribution in [0, 0.1) is 10.1 Å². The van der Waals surface area contributed by atoms with Gasteiger partial charge in [0.05, 0.1) is 15.1 Å². The molecule has 0 amide bonds. The van der Waals surface area contributed by atoms with Crippen molar-refractivity contribution in [2.24, 2.45) is 0 Å². The molecule has 2 rings (SSSR count). The molecular formula is C7H6N2O4S. The second-order valence-corrected chi connectivity index (χ2v) is 3.47. The number of nitro benzene ring substituents is 1. The molecule has 1 aromatic heterocycles. The van der Waals surface area contributed by atoms with Crippen molar-refractivity contribution in [3.63, 3.8) is 0 Å². The molecule has 0 aliphatic rings. The van der Waals surface area contributed by atoms with Crippen LogP contribution in [0.3, 0.4) is 0 Å². The van der Waals surface area contributed by atoms with Crippen LogP contribution >= 0.6 is 11.3 Å². The molecule has 0 unspecified atom stereocenters. The highest BCUT2D eigenvalue weighted by atomic mass is 32.1. The van der Waals surface area contributed by atoms with Crippen LogP contribution in [0.15, 0.2) is 23.0 Å². The van der Waals surface area contributed by atoms with Gasteiger partial charge in [0.25, 0.3) is 5.69 Å². The summed E-state index contributed by atoms with van der Waals surface area (Å²) in [4.78, 5) is 23.1. The Hall–Kier alpha value is -1.73. The van der Waals surface area contributed by atoms with Crippen molar-refractivity contribution < 1.29 is 10.4 Å². The molecule has 2 aromatic rings. The second kappa shape index (κ2) is 3.56. The number of H-pyrrole nitrogens is 1. The smallest absolute Gasteiger partial charge is 0.305 e. The molecule has 0 fully saturated rings. The monoisotopic (exact) mass is 214 g/mol. The maximum absolute atomic E-state index is 10.9. The summed E-state index contributed by atoms with van der Waals surface area (Å²) in [6, 6.07) is 4.29. The third kappa shape index (κ3) is 1.63. The number of nitrogens with zero attached hydrogens (tertiary/aromatic N) is 1. The van der Waals surface area contributed by atoms with Crippen LogP contribution in [0.1, 0.15) is 0 Å². The molecule has 74 valence electrons. The molecule has 0 aliphatic carbocycles. The van der Waals surface area contributed by atoms with E-state index in [4.69, 9.17) is 0 Å². The van der Waals surface area contributed by atoms with Crippen molar-refractivity contribution in [2.75, 3.05) is 0 Å². The zero-order valence-corrected chi connectivity index (χ0v) is 7.63. The number of hydrogen-bond donors (Lipinski definition) is 1. The molecule has 0 spiro atoms. The van der Waals surface area contributed by atoms with Crippen LogP contribution < -0.4 is 4.87 Å². The summed E-state index contributed by atoms with van der Waals surface area (Å²) in [7, 11) is 0. The minimum absolute atomic E-state index is 0. The van der Waals surface area contributed by atoms with Crippen LogP contribution in [0.4, 0.5) is 5.69 Å². The summed E-state index contributed by atoms with van der Waals surface area (Å²) in [6.45, 7) is 0. The van der Waals surface area contributed by atoms with Gasteiger partial charge in [0.2, 0.25) is 0 Å². The van der Waals surface area contributed by atoms with Crippen molar-refractivity contribution in [1.82, 2.24) is 4.98 Å². The lowest BCUT2D eigenvalue weighted by atomic mass is 10.3. The molecule has 0 atom stereocenters. The van der Waals surface area contributed by atoms with Gasteiger partial charge in [-0.3, -0.25) is 14.9 Å². The molecule has 0 aliphatic heterocycles. The fourth-order valence-corrected chi connectivity index (χ4v) is 1.82. The summed E-state index contributed by atoms with van der Waals surface area (Å²) in [5, 5.41) is 10.4. The van der Waals surface area contributed by atoms with Crippen LogP contribution in [0.25, 0.3) is 10.2 Å². The Bertz CT molecular complexity index is 530. The minimum Gasteiger partial charge on any atom is -0.412 e. The number of nitro groups is 1. The van der Waals surface area contributed by atoms with Gasteiger partial charge in [0, 0.05) is 12.1 Å². The first-order chi connectivity index (χ1) is 6.16. The second-order valence-electron chi connectivity index (χ2n) is 2.45. The standard InChI is InChI=1S/C7H4N2O3S.H2O/c10-7-8-5-2-1-4(9(11)12)3-6(5)13-7;/h1-3H,(H,8,10);1H2. The van der Waals surface area contributed by atoms with E-state index in [-0.39, 0.29) is 16.0 Å². The Morgan fingerprint density at radius 1 is 1.43 bits per heavy atom. The molecule has 0 saturated heterocycles. The van der Waals surface area contributed by atoms with Gasteiger partial charge in [0.1, 0.15) is 0 Å². The molecule has 6 nitrogen and oxygen atoms in total. The lowest BCUT2D eigenvalue weighted by molar-refractivity contribution is -0.384. The summed E-state index contributed by atoms with van der Waals surface area (Å²) >= 11 is 0.968. The van der Waals surface area contributed by atoms with E-state index in [1.54, 1.807) is 0 Å². The van der Waals surface area contributed by atoms with E-state index in [2.05, 4.69) is 4.98 Å². The van der Waals surface area contributed by atoms with Crippen molar-refractivity contribution in [2.45, 2.75) is 0 Å². The number of aromatic nitrogens is 1. The zero-order chi connectivity index (χ0) is 9.42. The highest BCUT2D eigenvalue weighted by Gasteiger charge is 2.07. The van der Waals surface area contributed by atoms with Crippen molar-refractivity contribution in [3.05, 3.63) is 38.0 Å². The number of benzene rings is 1. The Morgan fingerprint density at radius 2 is 2.14 bits per heavy atom. The van der Waals surface area contributed by atoms with E-state index in [0.29, 0.717) is 10.2 Å². The summed E-state index contributed by atoms with van der Waals surface area (Å²) in [5.74, 6) is 0. The van der Waals surface area contributed by atoms with Crippen molar-refractivity contribution in [1.29, 1.82) is 0 Å². The largest absolute Gasteiger partial charge is 0.412 e. The van der Waals surface area contributed by atoms with E-state index in [9.17, 15) is 14.9 Å². The number of nitrogens with one attached hydrogen (secondary N) is 1. The zero-order valence-electron chi connectivity index (χ0n) is 6.81. The van der Waals surface area contributed by atoms with Gasteiger partial charge in [-0.2, -0.15) is 0 Å². The Labute approximate surface area is 81.3 Å². The van der Waals surface area contributed by atoms with Gasteiger partial charge in [-0.15, -0.1) is 0 Å². The van der Waals surface area contributed by atoms with Crippen molar-refractivity contribution >= 4 is 27.2 Å². The van der Waals surface area contributed by atoms with Crippen LogP contribution in [0.5, 0.6) is 0 Å². The van der Waals surface area contributed by atoms with Crippen LogP contribution in [-0.2, 0) is 0 Å². The van der Waals surface area contributed by atoms with Crippen LogP contribution in [-0.4, -0.2) is 15.4 Å². The van der Waals surface area contributed by atoms with Gasteiger partial charge >= 0.3 is 4.87 Å². The molecular weight excluding hydrogens is 208 g/mol. The molecule has 14 heavy (non-hydrogen) atoms. The Kier molecular flexibility index (Phi) is 2.63. The van der Waals surface area contributed by atoms with Gasteiger partial charge in [-0.25, -0.2) is 0 Å². The molecule has 1 aromatic carbocycles. The number of hydrogen-bond acceptors (Lipinski definition) is 4. The molecule has 0 radical (unpaired) electrons.